The average Bonchev–Trinajstić information content (AvgIpc) is 3.37. The minimum Gasteiger partial charge on any atom is -0.462 e. The van der Waals surface area contributed by atoms with Gasteiger partial charge in [-0.2, -0.15) is 0 Å². The fourth-order valence-electron chi connectivity index (χ4n) is 8.60. The third kappa shape index (κ3) is 57.6. The molecule has 0 aliphatic rings. The van der Waals surface area contributed by atoms with Crippen LogP contribution in [-0.2, 0) is 28.6 Å². The molecule has 6 nitrogen and oxygen atoms in total. The van der Waals surface area contributed by atoms with Gasteiger partial charge in [0, 0.05) is 19.3 Å². The monoisotopic (exact) mass is 991 g/mol. The first-order valence-electron chi connectivity index (χ1n) is 30.4. The Morgan fingerprint density at radius 3 is 0.915 bits per heavy atom. The van der Waals surface area contributed by atoms with E-state index in [0.717, 1.165) is 64.2 Å². The highest BCUT2D eigenvalue weighted by Crippen LogP contribution is 2.16. The van der Waals surface area contributed by atoms with Crippen molar-refractivity contribution in [2.75, 3.05) is 13.2 Å². The molecule has 1 atom stereocenters. The van der Waals surface area contributed by atoms with Crippen molar-refractivity contribution in [3.8, 4) is 0 Å². The lowest BCUT2D eigenvalue weighted by Gasteiger charge is -2.18. The van der Waals surface area contributed by atoms with Crippen molar-refractivity contribution in [2.45, 2.75) is 309 Å². The van der Waals surface area contributed by atoms with Gasteiger partial charge in [0.25, 0.3) is 0 Å². The Hall–Kier alpha value is -3.15. The van der Waals surface area contributed by atoms with Gasteiger partial charge in [-0.05, 0) is 83.5 Å². The summed E-state index contributed by atoms with van der Waals surface area (Å²) >= 11 is 0. The van der Waals surface area contributed by atoms with Crippen LogP contribution in [0, 0.1) is 0 Å². The topological polar surface area (TPSA) is 78.9 Å². The van der Waals surface area contributed by atoms with Crippen LogP contribution in [0.5, 0.6) is 0 Å². The second-order valence-electron chi connectivity index (χ2n) is 20.3. The lowest BCUT2D eigenvalue weighted by molar-refractivity contribution is -0.166. The normalized spacial score (nSPS) is 12.5. The van der Waals surface area contributed by atoms with E-state index in [-0.39, 0.29) is 37.5 Å². The summed E-state index contributed by atoms with van der Waals surface area (Å²) in [6.07, 6.45) is 76.2. The Morgan fingerprint density at radius 2 is 0.535 bits per heavy atom. The van der Waals surface area contributed by atoms with Gasteiger partial charge in [-0.1, -0.05) is 273 Å². The molecule has 0 saturated carbocycles. The van der Waals surface area contributed by atoms with Gasteiger partial charge < -0.3 is 14.2 Å². The van der Waals surface area contributed by atoms with E-state index < -0.39 is 6.10 Å². The minimum absolute atomic E-state index is 0.0979. The molecule has 0 radical (unpaired) electrons. The third-order valence-electron chi connectivity index (χ3n) is 13.2. The maximum Gasteiger partial charge on any atom is 0.306 e. The zero-order valence-electron chi connectivity index (χ0n) is 47.0. The van der Waals surface area contributed by atoms with Gasteiger partial charge in [0.05, 0.1) is 0 Å². The summed E-state index contributed by atoms with van der Waals surface area (Å²) in [5.74, 6) is -0.975. The van der Waals surface area contributed by atoms with Crippen molar-refractivity contribution >= 4 is 17.9 Å². The quantitative estimate of drug-likeness (QED) is 0.0261. The Kier molecular flexibility index (Phi) is 56.8. The van der Waals surface area contributed by atoms with Gasteiger partial charge in [-0.15, -0.1) is 0 Å². The van der Waals surface area contributed by atoms with E-state index in [2.05, 4.69) is 87.6 Å². The molecule has 0 bridgehead atoms. The third-order valence-corrected chi connectivity index (χ3v) is 13.2. The van der Waals surface area contributed by atoms with Crippen LogP contribution in [-0.4, -0.2) is 37.2 Å². The lowest BCUT2D eigenvalue weighted by atomic mass is 10.0. The molecule has 71 heavy (non-hydrogen) atoms. The lowest BCUT2D eigenvalue weighted by Crippen LogP contribution is -2.30. The summed E-state index contributed by atoms with van der Waals surface area (Å²) in [6, 6.07) is 0. The first kappa shape index (κ1) is 67.8. The first-order valence-corrected chi connectivity index (χ1v) is 30.4. The first-order chi connectivity index (χ1) is 35.0. The van der Waals surface area contributed by atoms with Crippen LogP contribution < -0.4 is 0 Å². The summed E-state index contributed by atoms with van der Waals surface area (Å²) in [4.78, 5) is 38.2. The zero-order valence-corrected chi connectivity index (χ0v) is 47.0. The van der Waals surface area contributed by atoms with Gasteiger partial charge in [-0.3, -0.25) is 14.4 Å². The number of rotatable bonds is 55. The summed E-state index contributed by atoms with van der Waals surface area (Å²) < 4.78 is 16.8. The molecule has 0 heterocycles. The van der Waals surface area contributed by atoms with Crippen LogP contribution >= 0.6 is 0 Å². The summed E-state index contributed by atoms with van der Waals surface area (Å²) in [5, 5.41) is 0. The second kappa shape index (κ2) is 59.4. The summed E-state index contributed by atoms with van der Waals surface area (Å²) in [6.45, 7) is 6.58. The predicted octanol–water partition coefficient (Wildman–Crippen LogP) is 20.5. The van der Waals surface area contributed by atoms with E-state index in [4.69, 9.17) is 14.2 Å². The molecule has 0 aromatic rings. The van der Waals surface area contributed by atoms with E-state index in [9.17, 15) is 14.4 Å². The zero-order chi connectivity index (χ0) is 51.4. The van der Waals surface area contributed by atoms with Crippen molar-refractivity contribution in [3.05, 3.63) is 72.9 Å². The molecule has 0 unspecified atom stereocenters. The molecule has 410 valence electrons. The molecule has 6 heteroatoms. The van der Waals surface area contributed by atoms with E-state index in [1.807, 2.05) is 6.08 Å². The number of unbranched alkanes of at least 4 members (excludes halogenated alkanes) is 32. The average molecular weight is 992 g/mol. The van der Waals surface area contributed by atoms with Gasteiger partial charge in [0.1, 0.15) is 13.2 Å². The number of hydrogen-bond donors (Lipinski definition) is 0. The Bertz CT molecular complexity index is 1320. The highest BCUT2D eigenvalue weighted by Gasteiger charge is 2.19. The maximum atomic E-state index is 12.9. The smallest absolute Gasteiger partial charge is 0.306 e. The maximum absolute atomic E-state index is 12.9. The molecular formula is C65H114O6. The highest BCUT2D eigenvalue weighted by atomic mass is 16.6. The van der Waals surface area contributed by atoms with Crippen LogP contribution in [0.1, 0.15) is 303 Å². The molecule has 0 amide bonds. The van der Waals surface area contributed by atoms with E-state index in [0.29, 0.717) is 19.3 Å². The molecular weight excluding hydrogens is 877 g/mol. The highest BCUT2D eigenvalue weighted by molar-refractivity contribution is 5.71. The van der Waals surface area contributed by atoms with E-state index >= 15 is 0 Å². The summed E-state index contributed by atoms with van der Waals surface area (Å²) in [7, 11) is 0. The van der Waals surface area contributed by atoms with Crippen molar-refractivity contribution in [3.63, 3.8) is 0 Å². The molecule has 0 aromatic heterocycles. The number of ether oxygens (including phenoxy) is 3. The number of allylic oxidation sites excluding steroid dienone is 12. The SMILES string of the molecule is CCCCC/C=C\C/C=C\C/C=C\C/C=C\C/C=C\CCC(=O)OC[C@H](COC(=O)CCCCCCCCC/C=C\CCCCCCCC)OC(=O)CCCCCCCCCCCCCCCCCCC. The van der Waals surface area contributed by atoms with Crippen LogP contribution in [0.2, 0.25) is 0 Å². The number of carbonyl (C=O) groups excluding carboxylic acids is 3. The van der Waals surface area contributed by atoms with Crippen molar-refractivity contribution in [1.82, 2.24) is 0 Å². The predicted molar refractivity (Wildman–Crippen MR) is 307 cm³/mol. The van der Waals surface area contributed by atoms with Gasteiger partial charge >= 0.3 is 17.9 Å². The number of esters is 3. The fourth-order valence-corrected chi connectivity index (χ4v) is 8.60. The molecule has 0 rings (SSSR count). The van der Waals surface area contributed by atoms with Gasteiger partial charge in [-0.25, -0.2) is 0 Å². The largest absolute Gasteiger partial charge is 0.462 e. The Balaban J connectivity index is 4.47. The Morgan fingerprint density at radius 1 is 0.282 bits per heavy atom. The minimum atomic E-state index is -0.806. The molecule has 0 aliphatic heterocycles. The second-order valence-corrected chi connectivity index (χ2v) is 20.3. The van der Waals surface area contributed by atoms with E-state index in [1.165, 1.54) is 193 Å². The van der Waals surface area contributed by atoms with Crippen molar-refractivity contribution in [1.29, 1.82) is 0 Å². The number of carbonyl (C=O) groups is 3. The molecule has 0 aliphatic carbocycles. The van der Waals surface area contributed by atoms with Crippen LogP contribution in [0.4, 0.5) is 0 Å². The van der Waals surface area contributed by atoms with Crippen molar-refractivity contribution < 1.29 is 28.6 Å². The van der Waals surface area contributed by atoms with Gasteiger partial charge in [0.15, 0.2) is 6.10 Å². The van der Waals surface area contributed by atoms with Crippen molar-refractivity contribution in [2.24, 2.45) is 0 Å². The molecule has 0 fully saturated rings. The molecule has 0 saturated heterocycles. The number of hydrogen-bond acceptors (Lipinski definition) is 6. The van der Waals surface area contributed by atoms with Crippen LogP contribution in [0.25, 0.3) is 0 Å². The molecule has 0 N–H and O–H groups in total. The van der Waals surface area contributed by atoms with E-state index in [1.54, 1.807) is 0 Å². The molecule has 0 aromatic carbocycles. The molecule has 0 spiro atoms. The standard InChI is InChI=1S/C65H114O6/c1-4-7-10-13-16-19-22-25-28-31-32-35-37-40-43-46-49-52-55-58-64(67)70-61-62(71-65(68)59-56-53-50-47-44-41-38-34-30-27-24-21-18-15-12-9-6-3)60-69-63(66)57-54-51-48-45-42-39-36-33-29-26-23-20-17-14-11-8-5-2/h16,19,25-26,28-29,32,35,40,43,49,52,62H,4-15,17-18,20-24,27,30-31,33-34,36-39,41-42,44-48,50-51,53-61H2,1-3H3/b19-16-,28-25-,29-26-,35-32-,43-40-,52-49-/t62-/m0/s1. The Labute approximate surface area is 440 Å². The van der Waals surface area contributed by atoms with Gasteiger partial charge in [0.2, 0.25) is 0 Å². The van der Waals surface area contributed by atoms with Crippen LogP contribution in [0.3, 0.4) is 0 Å². The van der Waals surface area contributed by atoms with Crippen LogP contribution in [0.15, 0.2) is 72.9 Å². The summed E-state index contributed by atoms with van der Waals surface area (Å²) in [5.41, 5.74) is 0. The fraction of sp³-hybridized carbons (Fsp3) is 0.769.